The number of hydrogen-bond donors (Lipinski definition) is 2. The Morgan fingerprint density at radius 2 is 2.05 bits per heavy atom. The van der Waals surface area contributed by atoms with Crippen LogP contribution in [0.3, 0.4) is 0 Å². The Morgan fingerprint density at radius 1 is 1.29 bits per heavy atom. The third-order valence-corrected chi connectivity index (χ3v) is 3.25. The topological polar surface area (TPSA) is 85.2 Å². The molecule has 1 heterocycles. The van der Waals surface area contributed by atoms with E-state index in [9.17, 15) is 4.79 Å². The third-order valence-electron chi connectivity index (χ3n) is 3.25. The third kappa shape index (κ3) is 3.72. The molecule has 1 amide bonds. The molecule has 21 heavy (non-hydrogen) atoms. The molecule has 0 saturated carbocycles. The van der Waals surface area contributed by atoms with Crippen LogP contribution in [0.4, 0.5) is 11.5 Å². The number of nitrogens with two attached hydrogens (primary N) is 2. The van der Waals surface area contributed by atoms with Gasteiger partial charge >= 0.3 is 0 Å². The van der Waals surface area contributed by atoms with Crippen LogP contribution in [0.2, 0.25) is 0 Å². The maximum absolute atomic E-state index is 11.3. The Balaban J connectivity index is 2.31. The van der Waals surface area contributed by atoms with Crippen LogP contribution in [0, 0.1) is 0 Å². The van der Waals surface area contributed by atoms with Crippen LogP contribution in [0.1, 0.15) is 29.8 Å². The average Bonchev–Trinajstić information content (AvgIpc) is 2.44. The second kappa shape index (κ2) is 6.26. The van der Waals surface area contributed by atoms with Gasteiger partial charge in [-0.2, -0.15) is 0 Å². The van der Waals surface area contributed by atoms with E-state index >= 15 is 0 Å². The fourth-order valence-corrected chi connectivity index (χ4v) is 2.15. The maximum atomic E-state index is 11.3. The molecule has 110 valence electrons. The minimum absolute atomic E-state index is 0.224. The van der Waals surface area contributed by atoms with Gasteiger partial charge in [-0.1, -0.05) is 12.1 Å². The van der Waals surface area contributed by atoms with Crippen molar-refractivity contribution in [2.24, 2.45) is 5.73 Å². The van der Waals surface area contributed by atoms with Crippen LogP contribution in [0.15, 0.2) is 42.6 Å². The van der Waals surface area contributed by atoms with Gasteiger partial charge in [-0.3, -0.25) is 4.79 Å². The molecule has 2 aromatic rings. The fraction of sp³-hybridized carbons (Fsp3) is 0.250. The summed E-state index contributed by atoms with van der Waals surface area (Å²) in [5.41, 5.74) is 13.4. The van der Waals surface area contributed by atoms with Gasteiger partial charge in [0.05, 0.1) is 0 Å². The first-order valence-electron chi connectivity index (χ1n) is 6.84. The molecule has 0 fully saturated rings. The number of carbonyl (C=O) groups excluding carboxylic acids is 1. The number of amides is 1. The highest BCUT2D eigenvalue weighted by Crippen LogP contribution is 2.19. The van der Waals surface area contributed by atoms with E-state index in [1.165, 1.54) is 0 Å². The van der Waals surface area contributed by atoms with E-state index < -0.39 is 5.91 Å². The summed E-state index contributed by atoms with van der Waals surface area (Å²) >= 11 is 0. The molecular formula is C16H20N4O. The lowest BCUT2D eigenvalue weighted by Gasteiger charge is -2.28. The number of aromatic nitrogens is 1. The normalized spacial score (nSPS) is 10.6. The summed E-state index contributed by atoms with van der Waals surface area (Å²) in [6, 6.07) is 11.3. The number of benzene rings is 1. The predicted octanol–water partition coefficient (Wildman–Crippen LogP) is 2.18. The van der Waals surface area contributed by atoms with Crippen molar-refractivity contribution < 1.29 is 4.79 Å². The summed E-state index contributed by atoms with van der Waals surface area (Å²) in [5, 5.41) is 0. The van der Waals surface area contributed by atoms with Gasteiger partial charge in [-0.15, -0.1) is 0 Å². The molecule has 0 bridgehead atoms. The number of nitrogens with zero attached hydrogens (tertiary/aromatic N) is 2. The average molecular weight is 284 g/mol. The Morgan fingerprint density at radius 3 is 2.67 bits per heavy atom. The van der Waals surface area contributed by atoms with Crippen molar-refractivity contribution in [1.82, 2.24) is 4.98 Å². The van der Waals surface area contributed by atoms with Crippen LogP contribution < -0.4 is 16.4 Å². The van der Waals surface area contributed by atoms with Gasteiger partial charge in [0.25, 0.3) is 0 Å². The van der Waals surface area contributed by atoms with Crippen LogP contribution in [-0.2, 0) is 6.54 Å². The monoisotopic (exact) mass is 284 g/mol. The van der Waals surface area contributed by atoms with E-state index in [-0.39, 0.29) is 6.04 Å². The number of rotatable bonds is 5. The van der Waals surface area contributed by atoms with E-state index in [0.717, 1.165) is 17.1 Å². The van der Waals surface area contributed by atoms with Crippen molar-refractivity contribution >= 4 is 17.4 Å². The molecule has 0 aliphatic carbocycles. The lowest BCUT2D eigenvalue weighted by atomic mass is 10.1. The van der Waals surface area contributed by atoms with E-state index in [0.29, 0.717) is 12.1 Å². The standard InChI is InChI=1S/C16H20N4O/c1-11(2)20(10-12-4-3-5-14(17)8-12)15-9-13(16(18)21)6-7-19-15/h3-9,11H,10,17H2,1-2H3,(H2,18,21). The highest BCUT2D eigenvalue weighted by Gasteiger charge is 2.14. The van der Waals surface area contributed by atoms with Crippen molar-refractivity contribution in [2.75, 3.05) is 10.6 Å². The Kier molecular flexibility index (Phi) is 4.42. The largest absolute Gasteiger partial charge is 0.399 e. The van der Waals surface area contributed by atoms with E-state index in [4.69, 9.17) is 11.5 Å². The Bertz CT molecular complexity index is 640. The molecule has 0 aliphatic heterocycles. The maximum Gasteiger partial charge on any atom is 0.248 e. The molecule has 0 atom stereocenters. The van der Waals surface area contributed by atoms with E-state index in [1.807, 2.05) is 24.3 Å². The molecule has 5 nitrogen and oxygen atoms in total. The van der Waals surface area contributed by atoms with Crippen molar-refractivity contribution in [1.29, 1.82) is 0 Å². The highest BCUT2D eigenvalue weighted by atomic mass is 16.1. The van der Waals surface area contributed by atoms with Crippen molar-refractivity contribution in [2.45, 2.75) is 26.4 Å². The smallest absolute Gasteiger partial charge is 0.248 e. The van der Waals surface area contributed by atoms with Gasteiger partial charge in [-0.25, -0.2) is 4.98 Å². The van der Waals surface area contributed by atoms with Gasteiger partial charge < -0.3 is 16.4 Å². The summed E-state index contributed by atoms with van der Waals surface area (Å²) in [4.78, 5) is 17.8. The first-order chi connectivity index (χ1) is 9.97. The number of carbonyl (C=O) groups is 1. The summed E-state index contributed by atoms with van der Waals surface area (Å²) in [7, 11) is 0. The fourth-order valence-electron chi connectivity index (χ4n) is 2.15. The number of pyridine rings is 1. The van der Waals surface area contributed by atoms with Crippen LogP contribution >= 0.6 is 0 Å². The van der Waals surface area contributed by atoms with Crippen LogP contribution in [0.5, 0.6) is 0 Å². The zero-order valence-corrected chi connectivity index (χ0v) is 12.3. The number of hydrogen-bond acceptors (Lipinski definition) is 4. The van der Waals surface area contributed by atoms with Gasteiger partial charge in [-0.05, 0) is 43.7 Å². The van der Waals surface area contributed by atoms with Gasteiger partial charge in [0.1, 0.15) is 5.82 Å². The highest BCUT2D eigenvalue weighted by molar-refractivity contribution is 5.93. The van der Waals surface area contributed by atoms with Crippen molar-refractivity contribution in [3.8, 4) is 0 Å². The second-order valence-corrected chi connectivity index (χ2v) is 5.23. The van der Waals surface area contributed by atoms with Gasteiger partial charge in [0, 0.05) is 30.0 Å². The molecule has 0 saturated heterocycles. The number of nitrogen functional groups attached to an aromatic ring is 1. The predicted molar refractivity (Wildman–Crippen MR) is 84.9 cm³/mol. The molecule has 1 aromatic heterocycles. The van der Waals surface area contributed by atoms with E-state index in [1.54, 1.807) is 18.3 Å². The lowest BCUT2D eigenvalue weighted by Crippen LogP contribution is -2.31. The van der Waals surface area contributed by atoms with Gasteiger partial charge in [0.2, 0.25) is 5.91 Å². The molecule has 0 spiro atoms. The molecule has 1 aromatic carbocycles. The van der Waals surface area contributed by atoms with Crippen molar-refractivity contribution in [3.63, 3.8) is 0 Å². The molecule has 5 heteroatoms. The summed E-state index contributed by atoms with van der Waals surface area (Å²) in [6.45, 7) is 4.81. The SMILES string of the molecule is CC(C)N(Cc1cccc(N)c1)c1cc(C(N)=O)ccn1. The zero-order valence-electron chi connectivity index (χ0n) is 12.3. The Hall–Kier alpha value is -2.56. The van der Waals surface area contributed by atoms with Crippen molar-refractivity contribution in [3.05, 3.63) is 53.7 Å². The molecule has 0 aliphatic rings. The molecule has 4 N–H and O–H groups in total. The van der Waals surface area contributed by atoms with Gasteiger partial charge in [0.15, 0.2) is 0 Å². The number of anilines is 2. The first-order valence-corrected chi connectivity index (χ1v) is 6.84. The summed E-state index contributed by atoms with van der Waals surface area (Å²) < 4.78 is 0. The van der Waals surface area contributed by atoms with E-state index in [2.05, 4.69) is 23.7 Å². The summed E-state index contributed by atoms with van der Waals surface area (Å²) in [6.07, 6.45) is 1.60. The molecular weight excluding hydrogens is 264 g/mol. The molecule has 0 radical (unpaired) electrons. The molecule has 0 unspecified atom stereocenters. The first kappa shape index (κ1) is 14.8. The lowest BCUT2D eigenvalue weighted by molar-refractivity contribution is 0.1000. The number of primary amides is 1. The quantitative estimate of drug-likeness (QED) is 0.824. The zero-order chi connectivity index (χ0) is 15.4. The van der Waals surface area contributed by atoms with Crippen LogP contribution in [0.25, 0.3) is 0 Å². The molecule has 2 rings (SSSR count). The van der Waals surface area contributed by atoms with Crippen LogP contribution in [-0.4, -0.2) is 16.9 Å². The Labute approximate surface area is 124 Å². The minimum atomic E-state index is -0.452. The second-order valence-electron chi connectivity index (χ2n) is 5.23. The summed E-state index contributed by atoms with van der Waals surface area (Å²) in [5.74, 6) is 0.273. The minimum Gasteiger partial charge on any atom is -0.399 e.